The minimum Gasteiger partial charge on any atom is -0.480 e. The van der Waals surface area contributed by atoms with Crippen molar-refractivity contribution in [3.63, 3.8) is 0 Å². The van der Waals surface area contributed by atoms with Crippen LogP contribution in [0.5, 0.6) is 0 Å². The molecule has 0 aromatic heterocycles. The zero-order chi connectivity index (χ0) is 19.2. The standard InChI is InChI=1S/C19H29N3O4/c1-3-13(2)16(18(24)25)22-19(11-26-12-19)10-21-17(23)15(20)9-14-7-5-4-6-8-14/h4-8,13,15-16,22H,3,9-12,20H2,1-2H3,(H,21,23)(H,24,25)/t13-,15-,16-/m0/s1. The Bertz CT molecular complexity index is 604. The second kappa shape index (κ2) is 9.12. The minimum absolute atomic E-state index is 0.0268. The smallest absolute Gasteiger partial charge is 0.320 e. The highest BCUT2D eigenvalue weighted by Gasteiger charge is 2.43. The van der Waals surface area contributed by atoms with Crippen molar-refractivity contribution in [2.75, 3.05) is 19.8 Å². The molecule has 144 valence electrons. The number of nitrogens with two attached hydrogens (primary N) is 1. The highest BCUT2D eigenvalue weighted by molar-refractivity contribution is 5.82. The second-order valence-corrected chi connectivity index (χ2v) is 7.13. The van der Waals surface area contributed by atoms with E-state index in [2.05, 4.69) is 10.6 Å². The van der Waals surface area contributed by atoms with E-state index in [-0.39, 0.29) is 18.4 Å². The number of aliphatic carboxylic acids is 1. The monoisotopic (exact) mass is 363 g/mol. The number of rotatable bonds is 10. The Morgan fingerprint density at radius 2 is 1.96 bits per heavy atom. The van der Waals surface area contributed by atoms with Crippen molar-refractivity contribution in [1.29, 1.82) is 0 Å². The maximum absolute atomic E-state index is 12.3. The molecule has 26 heavy (non-hydrogen) atoms. The lowest BCUT2D eigenvalue weighted by molar-refractivity contribution is -0.145. The van der Waals surface area contributed by atoms with Gasteiger partial charge in [0.25, 0.3) is 0 Å². The summed E-state index contributed by atoms with van der Waals surface area (Å²) in [5.41, 5.74) is 6.44. The van der Waals surface area contributed by atoms with E-state index in [0.29, 0.717) is 19.6 Å². The van der Waals surface area contributed by atoms with Gasteiger partial charge in [0.05, 0.1) is 24.8 Å². The van der Waals surface area contributed by atoms with E-state index in [4.69, 9.17) is 10.5 Å². The second-order valence-electron chi connectivity index (χ2n) is 7.13. The molecule has 0 spiro atoms. The lowest BCUT2D eigenvalue weighted by Gasteiger charge is -2.45. The van der Waals surface area contributed by atoms with Gasteiger partial charge in [0.2, 0.25) is 5.91 Å². The van der Waals surface area contributed by atoms with E-state index < -0.39 is 23.6 Å². The van der Waals surface area contributed by atoms with Gasteiger partial charge in [0.15, 0.2) is 0 Å². The van der Waals surface area contributed by atoms with Crippen LogP contribution < -0.4 is 16.4 Å². The first-order valence-corrected chi connectivity index (χ1v) is 9.02. The Hall–Kier alpha value is -1.96. The number of hydrogen-bond acceptors (Lipinski definition) is 5. The first-order valence-electron chi connectivity index (χ1n) is 9.02. The number of amides is 1. The lowest BCUT2D eigenvalue weighted by Crippen LogP contribution is -2.70. The first kappa shape index (κ1) is 20.4. The molecule has 1 aliphatic rings. The zero-order valence-corrected chi connectivity index (χ0v) is 15.4. The zero-order valence-electron chi connectivity index (χ0n) is 15.4. The van der Waals surface area contributed by atoms with Gasteiger partial charge < -0.3 is 20.9 Å². The Balaban J connectivity index is 1.90. The van der Waals surface area contributed by atoms with Crippen molar-refractivity contribution < 1.29 is 19.4 Å². The molecule has 5 N–H and O–H groups in total. The van der Waals surface area contributed by atoms with Crippen molar-refractivity contribution in [2.24, 2.45) is 11.7 Å². The van der Waals surface area contributed by atoms with Crippen LogP contribution in [0.25, 0.3) is 0 Å². The Labute approximate surface area is 154 Å². The van der Waals surface area contributed by atoms with Crippen LogP contribution in [0.4, 0.5) is 0 Å². The summed E-state index contributed by atoms with van der Waals surface area (Å²) in [7, 11) is 0. The van der Waals surface area contributed by atoms with E-state index >= 15 is 0 Å². The van der Waals surface area contributed by atoms with Crippen LogP contribution in [0.15, 0.2) is 30.3 Å². The molecular formula is C19H29N3O4. The molecule has 0 radical (unpaired) electrons. The normalized spacial score (nSPS) is 19.0. The third-order valence-corrected chi connectivity index (χ3v) is 4.93. The molecule has 1 heterocycles. The van der Waals surface area contributed by atoms with Crippen LogP contribution in [0.1, 0.15) is 25.8 Å². The quantitative estimate of drug-likeness (QED) is 0.482. The highest BCUT2D eigenvalue weighted by atomic mass is 16.5. The molecule has 1 aromatic rings. The summed E-state index contributed by atoms with van der Waals surface area (Å²) in [5, 5.41) is 15.5. The Kier molecular flexibility index (Phi) is 7.14. The average molecular weight is 363 g/mol. The third-order valence-electron chi connectivity index (χ3n) is 4.93. The maximum Gasteiger partial charge on any atom is 0.320 e. The van der Waals surface area contributed by atoms with Crippen molar-refractivity contribution in [3.8, 4) is 0 Å². The number of nitrogens with one attached hydrogen (secondary N) is 2. The summed E-state index contributed by atoms with van der Waals surface area (Å²) in [5.74, 6) is -1.17. The third kappa shape index (κ3) is 5.27. The number of hydrogen-bond donors (Lipinski definition) is 4. The SMILES string of the molecule is CC[C@H](C)[C@H](NC1(CNC(=O)[C@@H](N)Cc2ccccc2)COC1)C(=O)O. The number of carbonyl (C=O) groups excluding carboxylic acids is 1. The van der Waals surface area contributed by atoms with E-state index in [1.807, 2.05) is 44.2 Å². The molecule has 1 amide bonds. The molecule has 0 unspecified atom stereocenters. The first-order chi connectivity index (χ1) is 12.4. The lowest BCUT2D eigenvalue weighted by atomic mass is 9.91. The molecule has 0 bridgehead atoms. The molecule has 1 aromatic carbocycles. The van der Waals surface area contributed by atoms with E-state index in [1.165, 1.54) is 0 Å². The summed E-state index contributed by atoms with van der Waals surface area (Å²) < 4.78 is 5.28. The predicted octanol–water partition coefficient (Wildman–Crippen LogP) is 0.531. The molecule has 0 saturated carbocycles. The maximum atomic E-state index is 12.3. The summed E-state index contributed by atoms with van der Waals surface area (Å²) in [6, 6.07) is 8.26. The van der Waals surface area contributed by atoms with Gasteiger partial charge >= 0.3 is 5.97 Å². The fraction of sp³-hybridized carbons (Fsp3) is 0.579. The number of benzene rings is 1. The van der Waals surface area contributed by atoms with Crippen LogP contribution >= 0.6 is 0 Å². The van der Waals surface area contributed by atoms with Crippen LogP contribution in [0, 0.1) is 5.92 Å². The van der Waals surface area contributed by atoms with Gasteiger partial charge in [-0.1, -0.05) is 50.6 Å². The van der Waals surface area contributed by atoms with E-state index in [0.717, 1.165) is 12.0 Å². The predicted molar refractivity (Wildman–Crippen MR) is 98.7 cm³/mol. The largest absolute Gasteiger partial charge is 0.480 e. The van der Waals surface area contributed by atoms with Gasteiger partial charge in [0.1, 0.15) is 6.04 Å². The molecule has 1 aliphatic heterocycles. The summed E-state index contributed by atoms with van der Waals surface area (Å²) in [6.07, 6.45) is 1.20. The molecule has 2 rings (SSSR count). The topological polar surface area (TPSA) is 114 Å². The van der Waals surface area contributed by atoms with Crippen molar-refractivity contribution >= 4 is 11.9 Å². The van der Waals surface area contributed by atoms with Crippen molar-refractivity contribution in [1.82, 2.24) is 10.6 Å². The molecule has 7 nitrogen and oxygen atoms in total. The number of carboxylic acid groups (broad SMARTS) is 1. The Morgan fingerprint density at radius 1 is 1.31 bits per heavy atom. The van der Waals surface area contributed by atoms with Crippen LogP contribution in [0.3, 0.4) is 0 Å². The van der Waals surface area contributed by atoms with Crippen molar-refractivity contribution in [3.05, 3.63) is 35.9 Å². The minimum atomic E-state index is -0.891. The summed E-state index contributed by atoms with van der Waals surface area (Å²) in [6.45, 7) is 4.86. The van der Waals surface area contributed by atoms with Crippen LogP contribution in [-0.4, -0.2) is 54.4 Å². The molecule has 1 fully saturated rings. The fourth-order valence-electron chi connectivity index (χ4n) is 2.95. The summed E-state index contributed by atoms with van der Waals surface area (Å²) in [4.78, 5) is 23.9. The van der Waals surface area contributed by atoms with Gasteiger partial charge in [-0.2, -0.15) is 0 Å². The van der Waals surface area contributed by atoms with Gasteiger partial charge in [-0.05, 0) is 17.9 Å². The van der Waals surface area contributed by atoms with Gasteiger partial charge in [-0.25, -0.2) is 0 Å². The number of ether oxygens (including phenoxy) is 1. The highest BCUT2D eigenvalue weighted by Crippen LogP contribution is 2.20. The average Bonchev–Trinajstić information content (AvgIpc) is 2.60. The van der Waals surface area contributed by atoms with Crippen LogP contribution in [-0.2, 0) is 20.7 Å². The molecule has 0 aliphatic carbocycles. The van der Waals surface area contributed by atoms with E-state index in [1.54, 1.807) is 0 Å². The molecule has 7 heteroatoms. The number of carboxylic acids is 1. The van der Waals surface area contributed by atoms with Gasteiger partial charge in [0, 0.05) is 6.54 Å². The summed E-state index contributed by atoms with van der Waals surface area (Å²) >= 11 is 0. The molecular weight excluding hydrogens is 334 g/mol. The molecule has 3 atom stereocenters. The van der Waals surface area contributed by atoms with Gasteiger partial charge in [-0.15, -0.1) is 0 Å². The fourth-order valence-corrected chi connectivity index (χ4v) is 2.95. The van der Waals surface area contributed by atoms with E-state index in [9.17, 15) is 14.7 Å². The molecule has 1 saturated heterocycles. The van der Waals surface area contributed by atoms with Gasteiger partial charge in [-0.3, -0.25) is 14.9 Å². The Morgan fingerprint density at radius 3 is 2.46 bits per heavy atom. The van der Waals surface area contributed by atoms with Crippen LogP contribution in [0.2, 0.25) is 0 Å². The number of carbonyl (C=O) groups is 2. The van der Waals surface area contributed by atoms with Crippen molar-refractivity contribution in [2.45, 2.75) is 44.3 Å².